The normalized spacial score (nSPS) is 41.4. The Balaban J connectivity index is 1.87. The van der Waals surface area contributed by atoms with Gasteiger partial charge in [0.2, 0.25) is 5.91 Å². The summed E-state index contributed by atoms with van der Waals surface area (Å²) in [7, 11) is 0. The van der Waals surface area contributed by atoms with Crippen LogP contribution >= 0.6 is 0 Å². The van der Waals surface area contributed by atoms with E-state index in [4.69, 9.17) is 4.74 Å². The van der Waals surface area contributed by atoms with Crippen LogP contribution in [-0.2, 0) is 9.53 Å². The first-order chi connectivity index (χ1) is 6.08. The lowest BCUT2D eigenvalue weighted by atomic mass is 9.69. The van der Waals surface area contributed by atoms with Crippen LogP contribution in [0.2, 0.25) is 0 Å². The van der Waals surface area contributed by atoms with Gasteiger partial charge >= 0.3 is 0 Å². The van der Waals surface area contributed by atoms with Crippen molar-refractivity contribution in [1.29, 1.82) is 0 Å². The van der Waals surface area contributed by atoms with Gasteiger partial charge in [-0.25, -0.2) is 0 Å². The molecule has 13 heavy (non-hydrogen) atoms. The third-order valence-electron chi connectivity index (χ3n) is 3.00. The van der Waals surface area contributed by atoms with Gasteiger partial charge in [-0.1, -0.05) is 6.92 Å². The maximum Gasteiger partial charge on any atom is 0.220 e. The summed E-state index contributed by atoms with van der Waals surface area (Å²) in [5, 5.41) is 3.08. The highest BCUT2D eigenvalue weighted by Gasteiger charge is 2.60. The van der Waals surface area contributed by atoms with Crippen LogP contribution in [0.1, 0.15) is 39.5 Å². The van der Waals surface area contributed by atoms with Crippen molar-refractivity contribution in [2.24, 2.45) is 0 Å². The lowest BCUT2D eigenvalue weighted by Crippen LogP contribution is -2.58. The quantitative estimate of drug-likeness (QED) is 0.714. The first kappa shape index (κ1) is 9.00. The maximum atomic E-state index is 11.4. The summed E-state index contributed by atoms with van der Waals surface area (Å²) >= 11 is 0. The first-order valence-corrected chi connectivity index (χ1v) is 5.03. The van der Waals surface area contributed by atoms with E-state index in [1.54, 1.807) is 0 Å². The van der Waals surface area contributed by atoms with Crippen molar-refractivity contribution in [2.75, 3.05) is 6.61 Å². The van der Waals surface area contributed by atoms with Gasteiger partial charge in [-0.3, -0.25) is 4.79 Å². The van der Waals surface area contributed by atoms with E-state index in [-0.39, 0.29) is 17.0 Å². The molecule has 0 unspecified atom stereocenters. The molecule has 3 aliphatic rings. The van der Waals surface area contributed by atoms with Gasteiger partial charge < -0.3 is 10.1 Å². The molecule has 0 spiro atoms. The Morgan fingerprint density at radius 2 is 2.23 bits per heavy atom. The largest absolute Gasteiger partial charge is 0.373 e. The first-order valence-electron chi connectivity index (χ1n) is 5.03. The molecule has 1 saturated carbocycles. The standard InChI is InChI=1S/C10H17NO2/c1-3-4-8(12)11-10-5-9(2,6-10)13-7-10/h3-7H2,1-2H3,(H,11,12). The summed E-state index contributed by atoms with van der Waals surface area (Å²) in [6, 6.07) is 0. The maximum absolute atomic E-state index is 11.4. The van der Waals surface area contributed by atoms with Crippen molar-refractivity contribution in [2.45, 2.75) is 50.7 Å². The molecule has 74 valence electrons. The summed E-state index contributed by atoms with van der Waals surface area (Å²) in [5.41, 5.74) is 0.0699. The van der Waals surface area contributed by atoms with Crippen molar-refractivity contribution < 1.29 is 9.53 Å². The third kappa shape index (κ3) is 1.46. The van der Waals surface area contributed by atoms with E-state index in [2.05, 4.69) is 12.2 Å². The molecule has 2 bridgehead atoms. The molecule has 2 aliphatic heterocycles. The van der Waals surface area contributed by atoms with E-state index in [1.807, 2.05) is 6.92 Å². The van der Waals surface area contributed by atoms with Crippen LogP contribution in [0.5, 0.6) is 0 Å². The monoisotopic (exact) mass is 183 g/mol. The van der Waals surface area contributed by atoms with Crippen LogP contribution in [0.15, 0.2) is 0 Å². The zero-order chi connectivity index (χ0) is 9.53. The minimum absolute atomic E-state index is 0.000995. The summed E-state index contributed by atoms with van der Waals surface area (Å²) in [4.78, 5) is 11.4. The van der Waals surface area contributed by atoms with Crippen LogP contribution in [-0.4, -0.2) is 23.7 Å². The second-order valence-electron chi connectivity index (χ2n) is 4.67. The highest BCUT2D eigenvalue weighted by atomic mass is 16.5. The Kier molecular flexibility index (Phi) is 1.88. The number of carbonyl (C=O) groups excluding carboxylic acids is 1. The van der Waals surface area contributed by atoms with E-state index in [0.29, 0.717) is 13.0 Å². The fraction of sp³-hybridized carbons (Fsp3) is 0.900. The molecule has 3 heteroatoms. The number of ether oxygens (including phenoxy) is 1. The Bertz CT molecular complexity index is 231. The van der Waals surface area contributed by atoms with E-state index >= 15 is 0 Å². The Hall–Kier alpha value is -0.570. The molecule has 0 aromatic rings. The fourth-order valence-electron chi connectivity index (χ4n) is 2.61. The molecular weight excluding hydrogens is 166 g/mol. The predicted octanol–water partition coefficient (Wildman–Crippen LogP) is 1.22. The van der Waals surface area contributed by atoms with E-state index < -0.39 is 0 Å². The second-order valence-corrected chi connectivity index (χ2v) is 4.67. The summed E-state index contributed by atoms with van der Waals surface area (Å²) in [6.07, 6.45) is 3.55. The Morgan fingerprint density at radius 1 is 1.54 bits per heavy atom. The van der Waals surface area contributed by atoms with Gasteiger partial charge in [0.15, 0.2) is 0 Å². The summed E-state index contributed by atoms with van der Waals surface area (Å²) in [6.45, 7) is 4.84. The van der Waals surface area contributed by atoms with Gasteiger partial charge in [-0.2, -0.15) is 0 Å². The van der Waals surface area contributed by atoms with Gasteiger partial charge in [0.25, 0.3) is 0 Å². The highest BCUT2D eigenvalue weighted by molar-refractivity contribution is 5.77. The molecule has 0 atom stereocenters. The molecule has 1 N–H and O–H groups in total. The zero-order valence-corrected chi connectivity index (χ0v) is 8.35. The molecule has 0 aromatic carbocycles. The number of hydrogen-bond acceptors (Lipinski definition) is 2. The van der Waals surface area contributed by atoms with Crippen molar-refractivity contribution >= 4 is 5.91 Å². The van der Waals surface area contributed by atoms with Crippen molar-refractivity contribution in [3.8, 4) is 0 Å². The average molecular weight is 183 g/mol. The van der Waals surface area contributed by atoms with Gasteiger partial charge in [0, 0.05) is 19.3 Å². The molecule has 1 amide bonds. The number of rotatable bonds is 3. The number of amides is 1. The molecular formula is C10H17NO2. The molecule has 3 rings (SSSR count). The summed E-state index contributed by atoms with van der Waals surface area (Å²) < 4.78 is 5.58. The van der Waals surface area contributed by atoms with Gasteiger partial charge in [-0.05, 0) is 13.3 Å². The van der Waals surface area contributed by atoms with E-state index in [1.165, 1.54) is 0 Å². The number of fused-ring (bicyclic) bond motifs is 1. The zero-order valence-electron chi connectivity index (χ0n) is 8.35. The van der Waals surface area contributed by atoms with Crippen LogP contribution < -0.4 is 5.32 Å². The molecule has 3 nitrogen and oxygen atoms in total. The number of hydrogen-bond donors (Lipinski definition) is 1. The SMILES string of the molecule is CCCC(=O)NC12COC(C)(C1)C2. The molecule has 2 heterocycles. The smallest absolute Gasteiger partial charge is 0.220 e. The van der Waals surface area contributed by atoms with Crippen molar-refractivity contribution in [3.63, 3.8) is 0 Å². The summed E-state index contributed by atoms with van der Waals surface area (Å²) in [5.74, 6) is 0.176. The van der Waals surface area contributed by atoms with Gasteiger partial charge in [0.1, 0.15) is 0 Å². The van der Waals surface area contributed by atoms with E-state index in [9.17, 15) is 4.79 Å². The lowest BCUT2D eigenvalue weighted by Gasteiger charge is -2.42. The Morgan fingerprint density at radius 3 is 2.69 bits per heavy atom. The van der Waals surface area contributed by atoms with Crippen molar-refractivity contribution in [3.05, 3.63) is 0 Å². The highest BCUT2D eigenvalue weighted by Crippen LogP contribution is 2.51. The molecule has 2 saturated heterocycles. The van der Waals surface area contributed by atoms with Gasteiger partial charge in [-0.15, -0.1) is 0 Å². The van der Waals surface area contributed by atoms with E-state index in [0.717, 1.165) is 19.3 Å². The predicted molar refractivity (Wildman–Crippen MR) is 49.4 cm³/mol. The third-order valence-corrected chi connectivity index (χ3v) is 3.00. The molecule has 1 aliphatic carbocycles. The average Bonchev–Trinajstić information content (AvgIpc) is 2.41. The minimum Gasteiger partial charge on any atom is -0.373 e. The number of carbonyl (C=O) groups is 1. The molecule has 3 fully saturated rings. The molecule has 0 radical (unpaired) electrons. The van der Waals surface area contributed by atoms with Crippen LogP contribution in [0.4, 0.5) is 0 Å². The van der Waals surface area contributed by atoms with Crippen LogP contribution in [0.25, 0.3) is 0 Å². The second kappa shape index (κ2) is 2.71. The molecule has 0 aromatic heterocycles. The fourth-order valence-corrected chi connectivity index (χ4v) is 2.61. The lowest BCUT2D eigenvalue weighted by molar-refractivity contribution is -0.123. The van der Waals surface area contributed by atoms with Crippen LogP contribution in [0.3, 0.4) is 0 Å². The Labute approximate surface area is 78.8 Å². The minimum atomic E-state index is 0.000995. The van der Waals surface area contributed by atoms with Gasteiger partial charge in [0.05, 0.1) is 17.7 Å². The number of nitrogens with one attached hydrogen (secondary N) is 1. The topological polar surface area (TPSA) is 38.3 Å². The van der Waals surface area contributed by atoms with Crippen molar-refractivity contribution in [1.82, 2.24) is 5.32 Å². The van der Waals surface area contributed by atoms with Crippen LogP contribution in [0, 0.1) is 0 Å².